The summed E-state index contributed by atoms with van der Waals surface area (Å²) in [6, 6.07) is 3.21. The molecule has 1 saturated heterocycles. The molecule has 7 nitrogen and oxygen atoms in total. The number of aromatic nitrogens is 6. The number of rotatable bonds is 3. The molecule has 1 aliphatic rings. The Bertz CT molecular complexity index is 906. The number of alkyl halides is 3. The average molecular weight is 365 g/mol. The zero-order valence-corrected chi connectivity index (χ0v) is 14.2. The molecule has 0 amide bonds. The molecule has 3 aromatic rings. The first-order valence-electron chi connectivity index (χ1n) is 8.52. The molecule has 3 aromatic heterocycles. The molecule has 1 aliphatic heterocycles. The van der Waals surface area contributed by atoms with E-state index in [1.165, 1.54) is 11.6 Å². The number of hydrogen-bond acceptors (Lipinski definition) is 5. The highest BCUT2D eigenvalue weighted by Gasteiger charge is 2.38. The van der Waals surface area contributed by atoms with Crippen LogP contribution in [0.3, 0.4) is 0 Å². The van der Waals surface area contributed by atoms with E-state index >= 15 is 0 Å². The molecule has 0 aliphatic carbocycles. The van der Waals surface area contributed by atoms with E-state index in [1.54, 1.807) is 6.07 Å². The van der Waals surface area contributed by atoms with Gasteiger partial charge < -0.3 is 4.90 Å². The second-order valence-electron chi connectivity index (χ2n) is 6.37. The van der Waals surface area contributed by atoms with Crippen molar-refractivity contribution < 1.29 is 13.2 Å². The van der Waals surface area contributed by atoms with Crippen molar-refractivity contribution >= 4 is 11.5 Å². The third-order valence-electron chi connectivity index (χ3n) is 4.77. The van der Waals surface area contributed by atoms with Gasteiger partial charge in [0.1, 0.15) is 5.82 Å². The van der Waals surface area contributed by atoms with E-state index in [4.69, 9.17) is 0 Å². The molecule has 1 fully saturated rings. The number of nitrogens with zero attached hydrogens (tertiary/aromatic N) is 7. The Labute approximate surface area is 147 Å². The van der Waals surface area contributed by atoms with Crippen LogP contribution >= 0.6 is 0 Å². The second kappa shape index (κ2) is 6.26. The van der Waals surface area contributed by atoms with Gasteiger partial charge in [0.2, 0.25) is 0 Å². The number of halogens is 3. The van der Waals surface area contributed by atoms with Crippen LogP contribution in [0.2, 0.25) is 0 Å². The van der Waals surface area contributed by atoms with Crippen LogP contribution in [0.15, 0.2) is 24.5 Å². The van der Waals surface area contributed by atoms with Gasteiger partial charge in [-0.1, -0.05) is 0 Å². The van der Waals surface area contributed by atoms with Crippen LogP contribution < -0.4 is 4.90 Å². The van der Waals surface area contributed by atoms with Gasteiger partial charge in [-0.3, -0.25) is 4.68 Å². The highest BCUT2D eigenvalue weighted by molar-refractivity contribution is 5.46. The first-order valence-corrected chi connectivity index (χ1v) is 8.52. The molecule has 0 unspecified atom stereocenters. The largest absolute Gasteiger partial charge is 0.453 e. The van der Waals surface area contributed by atoms with Crippen molar-refractivity contribution in [3.05, 3.63) is 35.9 Å². The van der Waals surface area contributed by atoms with Crippen LogP contribution in [-0.4, -0.2) is 42.7 Å². The number of aryl methyl sites for hydroxylation is 1. The highest BCUT2D eigenvalue weighted by atomic mass is 19.4. The van der Waals surface area contributed by atoms with Gasteiger partial charge in [-0.05, 0) is 43.4 Å². The summed E-state index contributed by atoms with van der Waals surface area (Å²) in [6.07, 6.45) is 1.20. The minimum atomic E-state index is -4.59. The summed E-state index contributed by atoms with van der Waals surface area (Å²) in [5, 5.41) is 15.2. The summed E-state index contributed by atoms with van der Waals surface area (Å²) in [7, 11) is 0. The predicted octanol–water partition coefficient (Wildman–Crippen LogP) is 2.74. The van der Waals surface area contributed by atoms with Crippen LogP contribution in [0.25, 0.3) is 5.65 Å². The average Bonchev–Trinajstić information content (AvgIpc) is 3.27. The van der Waals surface area contributed by atoms with Gasteiger partial charge in [0.05, 0.1) is 6.20 Å². The Kier molecular flexibility index (Phi) is 4.04. The standard InChI is InChI=1S/C16H18F3N7/c1-2-25-10-12(9-20-25)11-5-7-24(8-6-11)14-4-3-13-21-22-15(16(17,18)19)26(13)23-14/h3-4,9-11H,2,5-8H2,1H3. The molecule has 4 rings (SSSR count). The predicted molar refractivity (Wildman–Crippen MR) is 87.9 cm³/mol. The molecule has 26 heavy (non-hydrogen) atoms. The minimum absolute atomic E-state index is 0.0861. The Balaban J connectivity index is 1.52. The summed E-state index contributed by atoms with van der Waals surface area (Å²) in [5.41, 5.74) is 1.30. The first-order chi connectivity index (χ1) is 12.5. The summed E-state index contributed by atoms with van der Waals surface area (Å²) in [5.74, 6) is -0.183. The summed E-state index contributed by atoms with van der Waals surface area (Å²) >= 11 is 0. The number of piperidine rings is 1. The molecule has 10 heteroatoms. The van der Waals surface area contributed by atoms with Gasteiger partial charge in [0.25, 0.3) is 5.82 Å². The Morgan fingerprint density at radius 3 is 2.58 bits per heavy atom. The van der Waals surface area contributed by atoms with Gasteiger partial charge in [-0.15, -0.1) is 15.3 Å². The molecular weight excluding hydrogens is 347 g/mol. The summed E-state index contributed by atoms with van der Waals surface area (Å²) in [6.45, 7) is 4.33. The fourth-order valence-electron chi connectivity index (χ4n) is 3.33. The maximum Gasteiger partial charge on any atom is 0.453 e. The van der Waals surface area contributed by atoms with Crippen molar-refractivity contribution in [2.24, 2.45) is 0 Å². The van der Waals surface area contributed by atoms with Crippen molar-refractivity contribution in [1.29, 1.82) is 0 Å². The SMILES string of the molecule is CCn1cc(C2CCN(c3ccc4nnc(C(F)(F)F)n4n3)CC2)cn1. The molecule has 0 spiro atoms. The van der Waals surface area contributed by atoms with Gasteiger partial charge in [-0.2, -0.15) is 22.8 Å². The van der Waals surface area contributed by atoms with E-state index in [1.807, 2.05) is 22.7 Å². The van der Waals surface area contributed by atoms with Crippen molar-refractivity contribution in [3.63, 3.8) is 0 Å². The normalized spacial score (nSPS) is 16.5. The second-order valence-corrected chi connectivity index (χ2v) is 6.37. The molecule has 138 valence electrons. The fraction of sp³-hybridized carbons (Fsp3) is 0.500. The smallest absolute Gasteiger partial charge is 0.355 e. The maximum absolute atomic E-state index is 13.0. The molecule has 4 heterocycles. The van der Waals surface area contributed by atoms with Crippen LogP contribution in [0, 0.1) is 0 Å². The third-order valence-corrected chi connectivity index (χ3v) is 4.77. The Hall–Kier alpha value is -2.65. The number of fused-ring (bicyclic) bond motifs is 1. The number of anilines is 1. The zero-order valence-electron chi connectivity index (χ0n) is 14.2. The van der Waals surface area contributed by atoms with E-state index in [2.05, 4.69) is 26.6 Å². The van der Waals surface area contributed by atoms with Crippen molar-refractivity contribution in [1.82, 2.24) is 29.6 Å². The van der Waals surface area contributed by atoms with Crippen LogP contribution in [0.4, 0.5) is 19.0 Å². The molecule has 0 atom stereocenters. The molecule has 0 radical (unpaired) electrons. The van der Waals surface area contributed by atoms with E-state index in [-0.39, 0.29) is 5.65 Å². The first kappa shape index (κ1) is 16.8. The van der Waals surface area contributed by atoms with E-state index in [0.717, 1.165) is 37.0 Å². The van der Waals surface area contributed by atoms with Gasteiger partial charge in [-0.25, -0.2) is 0 Å². The zero-order chi connectivity index (χ0) is 18.3. The quantitative estimate of drug-likeness (QED) is 0.714. The van der Waals surface area contributed by atoms with Gasteiger partial charge in [0.15, 0.2) is 5.65 Å². The summed E-state index contributed by atoms with van der Waals surface area (Å²) in [4.78, 5) is 2.00. The lowest BCUT2D eigenvalue weighted by molar-refractivity contribution is -0.146. The topological polar surface area (TPSA) is 64.1 Å². The lowest BCUT2D eigenvalue weighted by Gasteiger charge is -2.32. The van der Waals surface area contributed by atoms with E-state index in [0.29, 0.717) is 11.7 Å². The third kappa shape index (κ3) is 2.99. The molecule has 0 N–H and O–H groups in total. The highest BCUT2D eigenvalue weighted by Crippen LogP contribution is 2.31. The Morgan fingerprint density at radius 1 is 1.15 bits per heavy atom. The monoisotopic (exact) mass is 365 g/mol. The maximum atomic E-state index is 13.0. The van der Waals surface area contributed by atoms with Crippen molar-refractivity contribution in [3.8, 4) is 0 Å². The molecule has 0 bridgehead atoms. The van der Waals surface area contributed by atoms with E-state index in [9.17, 15) is 13.2 Å². The minimum Gasteiger partial charge on any atom is -0.355 e. The van der Waals surface area contributed by atoms with Crippen molar-refractivity contribution in [2.75, 3.05) is 18.0 Å². The summed E-state index contributed by atoms with van der Waals surface area (Å²) < 4.78 is 41.7. The van der Waals surface area contributed by atoms with Crippen molar-refractivity contribution in [2.45, 2.75) is 38.4 Å². The lowest BCUT2D eigenvalue weighted by atomic mass is 9.91. The van der Waals surface area contributed by atoms with E-state index < -0.39 is 12.0 Å². The molecular formula is C16H18F3N7. The Morgan fingerprint density at radius 2 is 1.92 bits per heavy atom. The van der Waals surface area contributed by atoms with Gasteiger partial charge in [0, 0.05) is 25.8 Å². The number of hydrogen-bond donors (Lipinski definition) is 0. The van der Waals surface area contributed by atoms with Crippen LogP contribution in [0.5, 0.6) is 0 Å². The fourth-order valence-corrected chi connectivity index (χ4v) is 3.33. The van der Waals surface area contributed by atoms with Crippen LogP contribution in [0.1, 0.15) is 37.1 Å². The lowest BCUT2D eigenvalue weighted by Crippen LogP contribution is -2.33. The van der Waals surface area contributed by atoms with Gasteiger partial charge >= 0.3 is 6.18 Å². The van der Waals surface area contributed by atoms with Crippen LogP contribution in [-0.2, 0) is 12.7 Å². The molecule has 0 saturated carbocycles. The molecule has 0 aromatic carbocycles.